The van der Waals surface area contributed by atoms with Gasteiger partial charge in [0.25, 0.3) is 0 Å². The lowest BCUT2D eigenvalue weighted by Gasteiger charge is -2.08. The number of carbonyl (C=O) groups is 2. The zero-order valence-electron chi connectivity index (χ0n) is 11.9. The van der Waals surface area contributed by atoms with E-state index in [-0.39, 0.29) is 24.3 Å². The van der Waals surface area contributed by atoms with Gasteiger partial charge in [0.2, 0.25) is 11.8 Å². The summed E-state index contributed by atoms with van der Waals surface area (Å²) in [5, 5.41) is 5.92. The Kier molecular flexibility index (Phi) is 5.44. The fraction of sp³-hybridized carbons (Fsp3) is 0.467. The van der Waals surface area contributed by atoms with Crippen LogP contribution in [0.2, 0.25) is 5.02 Å². The second kappa shape index (κ2) is 7.31. The van der Waals surface area contributed by atoms with Crippen molar-refractivity contribution in [3.63, 3.8) is 0 Å². The van der Waals surface area contributed by atoms with Crippen molar-refractivity contribution in [1.82, 2.24) is 10.6 Å². The molecule has 6 heteroatoms. The third-order valence-electron chi connectivity index (χ3n) is 3.36. The zero-order valence-corrected chi connectivity index (χ0v) is 12.7. The highest BCUT2D eigenvalue weighted by molar-refractivity contribution is 6.30. The third-order valence-corrected chi connectivity index (χ3v) is 3.59. The lowest BCUT2D eigenvalue weighted by atomic mass is 10.3. The van der Waals surface area contributed by atoms with Crippen LogP contribution in [0.4, 0.5) is 0 Å². The molecule has 1 aromatic rings. The molecule has 1 fully saturated rings. The van der Waals surface area contributed by atoms with Crippen LogP contribution in [0.1, 0.15) is 13.3 Å². The summed E-state index contributed by atoms with van der Waals surface area (Å²) in [4.78, 5) is 23.1. The average molecular weight is 311 g/mol. The summed E-state index contributed by atoms with van der Waals surface area (Å²) >= 11 is 5.83. The monoisotopic (exact) mass is 310 g/mol. The molecule has 2 N–H and O–H groups in total. The van der Waals surface area contributed by atoms with E-state index in [1.54, 1.807) is 24.3 Å². The number of halogens is 1. The van der Waals surface area contributed by atoms with Gasteiger partial charge in [-0.15, -0.1) is 0 Å². The molecular formula is C15H19ClN2O3. The molecule has 1 aromatic carbocycles. The molecule has 0 heterocycles. The summed E-state index contributed by atoms with van der Waals surface area (Å²) in [6.45, 7) is 2.76. The Labute approximate surface area is 129 Å². The number of benzene rings is 1. The Hall–Kier alpha value is -1.75. The number of carbonyl (C=O) groups excluding carboxylic acids is 2. The van der Waals surface area contributed by atoms with Crippen LogP contribution < -0.4 is 15.4 Å². The van der Waals surface area contributed by atoms with Crippen molar-refractivity contribution in [3.05, 3.63) is 29.3 Å². The van der Waals surface area contributed by atoms with Gasteiger partial charge in [-0.25, -0.2) is 0 Å². The first-order valence-electron chi connectivity index (χ1n) is 6.99. The Morgan fingerprint density at radius 1 is 1.38 bits per heavy atom. The number of ether oxygens (including phenoxy) is 1. The molecule has 2 unspecified atom stereocenters. The number of amides is 2. The van der Waals surface area contributed by atoms with Crippen LogP contribution in [0.3, 0.4) is 0 Å². The molecule has 2 amide bonds. The van der Waals surface area contributed by atoms with E-state index in [2.05, 4.69) is 10.6 Å². The van der Waals surface area contributed by atoms with Crippen LogP contribution in [0.15, 0.2) is 24.3 Å². The molecule has 114 valence electrons. The van der Waals surface area contributed by atoms with Gasteiger partial charge < -0.3 is 15.4 Å². The Morgan fingerprint density at radius 3 is 2.81 bits per heavy atom. The first-order valence-corrected chi connectivity index (χ1v) is 7.37. The van der Waals surface area contributed by atoms with Gasteiger partial charge in [0.1, 0.15) is 12.4 Å². The molecule has 0 aliphatic heterocycles. The largest absolute Gasteiger partial charge is 0.492 e. The van der Waals surface area contributed by atoms with E-state index in [1.165, 1.54) is 0 Å². The fourth-order valence-electron chi connectivity index (χ4n) is 1.96. The van der Waals surface area contributed by atoms with Crippen molar-refractivity contribution in [1.29, 1.82) is 0 Å². The summed E-state index contributed by atoms with van der Waals surface area (Å²) in [5.74, 6) is 0.940. The summed E-state index contributed by atoms with van der Waals surface area (Å²) in [6.07, 6.45) is 0.918. The molecule has 2 rings (SSSR count). The molecule has 0 spiro atoms. The SMILES string of the molecule is CC1CC1C(=O)NCC(=O)NCCOc1cccc(Cl)c1. The van der Waals surface area contributed by atoms with Crippen LogP contribution in [0.25, 0.3) is 0 Å². The molecule has 0 bridgehead atoms. The second-order valence-electron chi connectivity index (χ2n) is 5.19. The van der Waals surface area contributed by atoms with Gasteiger partial charge in [-0.1, -0.05) is 24.6 Å². The van der Waals surface area contributed by atoms with Gasteiger partial charge in [-0.3, -0.25) is 9.59 Å². The van der Waals surface area contributed by atoms with Crippen molar-refractivity contribution in [2.75, 3.05) is 19.7 Å². The van der Waals surface area contributed by atoms with E-state index in [4.69, 9.17) is 16.3 Å². The van der Waals surface area contributed by atoms with Gasteiger partial charge in [0.15, 0.2) is 0 Å². The van der Waals surface area contributed by atoms with Crippen molar-refractivity contribution in [2.24, 2.45) is 11.8 Å². The Morgan fingerprint density at radius 2 is 2.14 bits per heavy atom. The molecule has 0 aromatic heterocycles. The summed E-state index contributed by atoms with van der Waals surface area (Å²) in [7, 11) is 0. The van der Waals surface area contributed by atoms with E-state index in [0.717, 1.165) is 6.42 Å². The summed E-state index contributed by atoms with van der Waals surface area (Å²) < 4.78 is 5.44. The predicted molar refractivity (Wildman–Crippen MR) is 80.2 cm³/mol. The van der Waals surface area contributed by atoms with Gasteiger partial charge >= 0.3 is 0 Å². The average Bonchev–Trinajstić information content (AvgIpc) is 3.18. The Bertz CT molecular complexity index is 521. The number of hydrogen-bond donors (Lipinski definition) is 2. The van der Waals surface area contributed by atoms with E-state index in [0.29, 0.717) is 29.8 Å². The van der Waals surface area contributed by atoms with Crippen LogP contribution in [0, 0.1) is 11.8 Å². The second-order valence-corrected chi connectivity index (χ2v) is 5.63. The topological polar surface area (TPSA) is 67.4 Å². The molecule has 21 heavy (non-hydrogen) atoms. The van der Waals surface area contributed by atoms with Gasteiger partial charge in [-0.2, -0.15) is 0 Å². The standard InChI is InChI=1S/C15H19ClN2O3/c1-10-7-13(10)15(20)18-9-14(19)17-5-6-21-12-4-2-3-11(16)8-12/h2-4,8,10,13H,5-7,9H2,1H3,(H,17,19)(H,18,20). The van der Waals surface area contributed by atoms with Crippen molar-refractivity contribution < 1.29 is 14.3 Å². The number of hydrogen-bond acceptors (Lipinski definition) is 3. The fourth-order valence-corrected chi connectivity index (χ4v) is 2.14. The molecule has 0 saturated heterocycles. The summed E-state index contributed by atoms with van der Waals surface area (Å²) in [6, 6.07) is 7.06. The van der Waals surface area contributed by atoms with Gasteiger partial charge in [-0.05, 0) is 30.5 Å². The van der Waals surface area contributed by atoms with Crippen molar-refractivity contribution in [2.45, 2.75) is 13.3 Å². The van der Waals surface area contributed by atoms with Crippen LogP contribution in [-0.2, 0) is 9.59 Å². The molecular weight excluding hydrogens is 292 g/mol. The highest BCUT2D eigenvalue weighted by Crippen LogP contribution is 2.37. The smallest absolute Gasteiger partial charge is 0.239 e. The van der Waals surface area contributed by atoms with Crippen LogP contribution in [0.5, 0.6) is 5.75 Å². The van der Waals surface area contributed by atoms with Crippen molar-refractivity contribution in [3.8, 4) is 5.75 Å². The third kappa shape index (κ3) is 5.27. The van der Waals surface area contributed by atoms with Crippen LogP contribution in [-0.4, -0.2) is 31.5 Å². The lowest BCUT2D eigenvalue weighted by Crippen LogP contribution is -2.39. The van der Waals surface area contributed by atoms with Gasteiger partial charge in [0, 0.05) is 10.9 Å². The van der Waals surface area contributed by atoms with E-state index < -0.39 is 0 Å². The minimum absolute atomic E-state index is 0.0131. The minimum atomic E-state index is -0.216. The maximum absolute atomic E-state index is 11.5. The molecule has 1 aliphatic carbocycles. The predicted octanol–water partition coefficient (Wildman–Crippen LogP) is 1.61. The van der Waals surface area contributed by atoms with E-state index in [9.17, 15) is 9.59 Å². The molecule has 0 radical (unpaired) electrons. The normalized spacial score (nSPS) is 19.7. The van der Waals surface area contributed by atoms with E-state index in [1.807, 2.05) is 6.92 Å². The first kappa shape index (κ1) is 15.6. The number of rotatable bonds is 7. The summed E-state index contributed by atoms with van der Waals surface area (Å²) in [5.41, 5.74) is 0. The minimum Gasteiger partial charge on any atom is -0.492 e. The molecule has 5 nitrogen and oxygen atoms in total. The number of nitrogens with one attached hydrogen (secondary N) is 2. The van der Waals surface area contributed by atoms with Crippen LogP contribution >= 0.6 is 11.6 Å². The zero-order chi connectivity index (χ0) is 15.2. The molecule has 1 aliphatic rings. The maximum Gasteiger partial charge on any atom is 0.239 e. The van der Waals surface area contributed by atoms with Crippen molar-refractivity contribution >= 4 is 23.4 Å². The quantitative estimate of drug-likeness (QED) is 0.752. The maximum atomic E-state index is 11.5. The highest BCUT2D eigenvalue weighted by atomic mass is 35.5. The molecule has 2 atom stereocenters. The molecule has 1 saturated carbocycles. The van der Waals surface area contributed by atoms with E-state index >= 15 is 0 Å². The van der Waals surface area contributed by atoms with Gasteiger partial charge in [0.05, 0.1) is 13.1 Å². The Balaban J connectivity index is 1.56. The highest BCUT2D eigenvalue weighted by Gasteiger charge is 2.38. The first-order chi connectivity index (χ1) is 10.1. The lowest BCUT2D eigenvalue weighted by molar-refractivity contribution is -0.127.